The molecule has 2 atom stereocenters. The summed E-state index contributed by atoms with van der Waals surface area (Å²) >= 11 is 0. The number of pyridine rings is 1. The maximum absolute atomic E-state index is 16.1. The van der Waals surface area contributed by atoms with Gasteiger partial charge in [-0.15, -0.1) is 5.23 Å². The Balaban J connectivity index is 1.51. The first kappa shape index (κ1) is 33.1. The van der Waals surface area contributed by atoms with E-state index in [9.17, 15) is 28.7 Å². The van der Waals surface area contributed by atoms with Crippen LogP contribution in [0.25, 0.3) is 0 Å². The molecule has 0 aliphatic carbocycles. The van der Waals surface area contributed by atoms with Crippen LogP contribution in [-0.4, -0.2) is 84.6 Å². The van der Waals surface area contributed by atoms with Crippen molar-refractivity contribution < 1.29 is 47.3 Å². The molecule has 2 aliphatic heterocycles. The van der Waals surface area contributed by atoms with Gasteiger partial charge in [-0.05, 0) is 49.5 Å². The van der Waals surface area contributed by atoms with Crippen molar-refractivity contribution in [2.24, 2.45) is 15.0 Å². The number of likely N-dealkylation sites (N-methyl/N-ethyl adjacent to an activating group) is 1. The lowest BCUT2D eigenvalue weighted by Crippen LogP contribution is -2.44. The quantitative estimate of drug-likeness (QED) is 0.0949. The van der Waals surface area contributed by atoms with Crippen LogP contribution in [0.4, 0.5) is 34.8 Å². The summed E-state index contributed by atoms with van der Waals surface area (Å²) in [4.78, 5) is 15.7. The fraction of sp³-hybridized carbons (Fsp3) is 0.286. The zero-order valence-corrected chi connectivity index (χ0v) is 24.7. The van der Waals surface area contributed by atoms with Crippen molar-refractivity contribution in [3.8, 4) is 11.5 Å². The van der Waals surface area contributed by atoms with Crippen molar-refractivity contribution in [2.45, 2.75) is 18.6 Å². The number of halogens is 4. The molecule has 1 aromatic heterocycles. The van der Waals surface area contributed by atoms with Crippen LogP contribution >= 0.6 is 0 Å². The zero-order valence-electron chi connectivity index (χ0n) is 24.7. The minimum absolute atomic E-state index is 0.0337. The fourth-order valence-electron chi connectivity index (χ4n) is 4.51. The highest BCUT2D eigenvalue weighted by molar-refractivity contribution is 6.07. The Bertz CT molecular complexity index is 1670. The molecule has 2 aromatic carbocycles. The molecule has 0 amide bonds. The number of aliphatic hydroxyl groups excluding tert-OH is 1. The maximum Gasteiger partial charge on any atom is 0.468 e. The third-order valence-electron chi connectivity index (χ3n) is 6.72. The lowest BCUT2D eigenvalue weighted by molar-refractivity contribution is -0.0782. The topological polar surface area (TPSA) is 181 Å². The summed E-state index contributed by atoms with van der Waals surface area (Å²) in [5, 5.41) is 37.1. The van der Waals surface area contributed by atoms with Gasteiger partial charge in [-0.25, -0.2) is 24.4 Å². The SMILES string of the molecule is CNCCOc1cc(OC)cc(C(Nc2ccc(C3=NCOC(C(F)(F)F)=N3)cc2)C2=NC(O)N(c3ncccc3N(O)O)N2)c1F. The van der Waals surface area contributed by atoms with Crippen LogP contribution in [0.5, 0.6) is 11.5 Å². The summed E-state index contributed by atoms with van der Waals surface area (Å²) in [6.45, 7) is -0.0171. The van der Waals surface area contributed by atoms with Gasteiger partial charge in [0.2, 0.25) is 6.35 Å². The fourth-order valence-corrected chi connectivity index (χ4v) is 4.51. The molecule has 6 N–H and O–H groups in total. The molecule has 0 spiro atoms. The van der Waals surface area contributed by atoms with Gasteiger partial charge in [0.25, 0.3) is 0 Å². The minimum atomic E-state index is -4.79. The summed E-state index contributed by atoms with van der Waals surface area (Å²) in [7, 11) is 3.09. The number of aliphatic imine (C=N–C) groups is 3. The number of hydrazine groups is 1. The van der Waals surface area contributed by atoms with Crippen molar-refractivity contribution in [1.82, 2.24) is 15.7 Å². The molecule has 47 heavy (non-hydrogen) atoms. The van der Waals surface area contributed by atoms with Gasteiger partial charge in [-0.2, -0.15) is 18.2 Å². The first-order chi connectivity index (χ1) is 22.5. The van der Waals surface area contributed by atoms with Gasteiger partial charge in [0.05, 0.1) is 7.11 Å². The van der Waals surface area contributed by atoms with Crippen LogP contribution in [0.3, 0.4) is 0 Å². The number of anilines is 3. The summed E-state index contributed by atoms with van der Waals surface area (Å²) in [6.07, 6.45) is -5.10. The maximum atomic E-state index is 16.1. The third-order valence-corrected chi connectivity index (χ3v) is 6.72. The lowest BCUT2D eigenvalue weighted by Gasteiger charge is -2.26. The second-order valence-electron chi connectivity index (χ2n) is 9.78. The largest absolute Gasteiger partial charge is 0.497 e. The molecule has 3 aromatic rings. The zero-order chi connectivity index (χ0) is 33.7. The molecule has 0 saturated heterocycles. The Morgan fingerprint density at radius 3 is 2.64 bits per heavy atom. The number of alkyl halides is 3. The molecular weight excluding hydrogens is 634 g/mol. The van der Waals surface area contributed by atoms with Gasteiger partial charge in [0.1, 0.15) is 29.9 Å². The molecule has 250 valence electrons. The van der Waals surface area contributed by atoms with Gasteiger partial charge in [-0.3, -0.25) is 15.8 Å². The van der Waals surface area contributed by atoms with Gasteiger partial charge in [0, 0.05) is 35.6 Å². The number of amidine groups is 2. The molecule has 3 heterocycles. The van der Waals surface area contributed by atoms with Gasteiger partial charge >= 0.3 is 12.1 Å². The van der Waals surface area contributed by atoms with Crippen molar-refractivity contribution >= 4 is 34.8 Å². The average molecular weight is 664 g/mol. The van der Waals surface area contributed by atoms with Crippen LogP contribution in [0.2, 0.25) is 0 Å². The molecule has 15 nitrogen and oxygen atoms in total. The summed E-state index contributed by atoms with van der Waals surface area (Å²) in [5.41, 5.74) is 3.19. The van der Waals surface area contributed by atoms with Gasteiger partial charge < -0.3 is 30.0 Å². The van der Waals surface area contributed by atoms with E-state index in [-0.39, 0.29) is 57.6 Å². The molecule has 19 heteroatoms. The van der Waals surface area contributed by atoms with Gasteiger partial charge in [-0.1, -0.05) is 0 Å². The van der Waals surface area contributed by atoms with E-state index in [0.29, 0.717) is 12.2 Å². The van der Waals surface area contributed by atoms with E-state index in [1.807, 2.05) is 0 Å². The number of nitrogens with one attached hydrogen (secondary N) is 3. The second kappa shape index (κ2) is 14.0. The Morgan fingerprint density at radius 2 is 1.96 bits per heavy atom. The number of rotatable bonds is 12. The summed E-state index contributed by atoms with van der Waals surface area (Å²) < 4.78 is 71.1. The van der Waals surface area contributed by atoms with Crippen molar-refractivity contribution in [3.05, 3.63) is 71.7 Å². The Morgan fingerprint density at radius 1 is 1.19 bits per heavy atom. The number of hydrogen-bond acceptors (Lipinski definition) is 15. The third kappa shape index (κ3) is 7.43. The molecule has 0 fully saturated rings. The van der Waals surface area contributed by atoms with E-state index >= 15 is 4.39 Å². The lowest BCUT2D eigenvalue weighted by atomic mass is 10.0. The first-order valence-corrected chi connectivity index (χ1v) is 13.8. The van der Waals surface area contributed by atoms with Crippen molar-refractivity contribution in [2.75, 3.05) is 49.6 Å². The highest BCUT2D eigenvalue weighted by atomic mass is 19.4. The molecule has 5 rings (SSSR count). The van der Waals surface area contributed by atoms with E-state index in [0.717, 1.165) is 5.01 Å². The monoisotopic (exact) mass is 663 g/mol. The van der Waals surface area contributed by atoms with Crippen LogP contribution in [0.15, 0.2) is 69.7 Å². The summed E-state index contributed by atoms with van der Waals surface area (Å²) in [5.74, 6) is -2.46. The highest BCUT2D eigenvalue weighted by Gasteiger charge is 2.40. The number of benzene rings is 2. The minimum Gasteiger partial charge on any atom is -0.497 e. The van der Waals surface area contributed by atoms with E-state index in [1.165, 1.54) is 61.8 Å². The van der Waals surface area contributed by atoms with E-state index < -0.39 is 37.0 Å². The van der Waals surface area contributed by atoms with E-state index in [1.54, 1.807) is 7.05 Å². The molecule has 2 unspecified atom stereocenters. The summed E-state index contributed by atoms with van der Waals surface area (Å²) in [6, 6.07) is 10.2. The van der Waals surface area contributed by atoms with Crippen LogP contribution in [0.1, 0.15) is 17.2 Å². The second-order valence-corrected chi connectivity index (χ2v) is 9.78. The molecule has 2 aliphatic rings. The number of nitrogens with zero attached hydrogens (tertiary/aromatic N) is 6. The predicted molar refractivity (Wildman–Crippen MR) is 161 cm³/mol. The number of hydrogen-bond donors (Lipinski definition) is 6. The number of aromatic nitrogens is 1. The highest BCUT2D eigenvalue weighted by Crippen LogP contribution is 2.35. The average Bonchev–Trinajstić information content (AvgIpc) is 3.45. The number of methoxy groups -OCH3 is 1. The van der Waals surface area contributed by atoms with Crippen LogP contribution in [0, 0.1) is 5.82 Å². The molecule has 0 bridgehead atoms. The van der Waals surface area contributed by atoms with Crippen molar-refractivity contribution in [3.63, 3.8) is 0 Å². The molecule has 0 saturated carbocycles. The first-order valence-electron chi connectivity index (χ1n) is 13.8. The van der Waals surface area contributed by atoms with Crippen LogP contribution in [-0.2, 0) is 4.74 Å². The Labute approximate surface area is 264 Å². The van der Waals surface area contributed by atoms with E-state index in [2.05, 4.69) is 40.8 Å². The molecular formula is C28H29F4N9O6. The Kier molecular flexibility index (Phi) is 9.89. The van der Waals surface area contributed by atoms with Crippen LogP contribution < -0.4 is 35.8 Å². The molecule has 0 radical (unpaired) electrons. The standard InChI is InChI=1S/C28H29F4N9O6/c1-33-10-11-46-20-13-17(45-2)12-18(21(20)29)22(24-38-27(42)40(39-24)25-19(41(43)44)4-3-9-34-25)36-16-7-5-15(6-8-16)23-35-14-47-26(37-23)28(30,31)32/h3-9,12-13,22,27,33,36,42-44H,10-11,14H2,1-2H3,(H,38,39). The van der Waals surface area contributed by atoms with E-state index in [4.69, 9.17) is 9.47 Å². The smallest absolute Gasteiger partial charge is 0.468 e. The number of aliphatic hydroxyl groups is 1. The Hall–Kier alpha value is -5.24. The number of ether oxygens (including phenoxy) is 3. The van der Waals surface area contributed by atoms with Gasteiger partial charge in [0.15, 0.2) is 30.0 Å². The van der Waals surface area contributed by atoms with Crippen molar-refractivity contribution in [1.29, 1.82) is 0 Å². The normalized spacial score (nSPS) is 16.7. The predicted octanol–water partition coefficient (Wildman–Crippen LogP) is 2.96.